The lowest BCUT2D eigenvalue weighted by atomic mass is 10.2. The number of H-pyrrole nitrogens is 1. The van der Waals surface area contributed by atoms with Crippen LogP contribution < -0.4 is 4.90 Å². The molecule has 2 aliphatic rings. The molecule has 0 bridgehead atoms. The van der Waals surface area contributed by atoms with Gasteiger partial charge in [-0.25, -0.2) is 4.39 Å². The maximum atomic E-state index is 13.8. The number of anilines is 1. The highest BCUT2D eigenvalue weighted by Gasteiger charge is 2.29. The minimum atomic E-state index is -0.214. The van der Waals surface area contributed by atoms with E-state index in [0.29, 0.717) is 43.5 Å². The Bertz CT molecular complexity index is 717. The number of halogens is 1. The number of piperazine rings is 1. The van der Waals surface area contributed by atoms with E-state index in [1.807, 2.05) is 17.0 Å². The molecule has 0 radical (unpaired) electrons. The SMILES string of the molecule is O=C(c1cc(C2CC2)[nH]n1)N1CCN(c2ccccc2F)CC1. The van der Waals surface area contributed by atoms with Gasteiger partial charge in [0.1, 0.15) is 11.5 Å². The second-order valence-electron chi connectivity index (χ2n) is 6.21. The summed E-state index contributed by atoms with van der Waals surface area (Å²) in [5.41, 5.74) is 2.17. The Labute approximate surface area is 134 Å². The fourth-order valence-corrected chi connectivity index (χ4v) is 3.07. The minimum Gasteiger partial charge on any atom is -0.366 e. The zero-order chi connectivity index (χ0) is 15.8. The van der Waals surface area contributed by atoms with Crippen molar-refractivity contribution in [1.29, 1.82) is 0 Å². The smallest absolute Gasteiger partial charge is 0.274 e. The predicted molar refractivity (Wildman–Crippen MR) is 85.1 cm³/mol. The highest BCUT2D eigenvalue weighted by Crippen LogP contribution is 2.39. The molecule has 2 fully saturated rings. The minimum absolute atomic E-state index is 0.0404. The van der Waals surface area contributed by atoms with E-state index in [-0.39, 0.29) is 11.7 Å². The predicted octanol–water partition coefficient (Wildman–Crippen LogP) is 2.39. The van der Waals surface area contributed by atoms with Crippen LogP contribution in [-0.2, 0) is 0 Å². The number of carbonyl (C=O) groups excluding carboxylic acids is 1. The number of nitrogens with one attached hydrogen (secondary N) is 1. The molecule has 5 nitrogen and oxygen atoms in total. The fourth-order valence-electron chi connectivity index (χ4n) is 3.07. The number of rotatable bonds is 3. The first-order valence-corrected chi connectivity index (χ1v) is 8.06. The summed E-state index contributed by atoms with van der Waals surface area (Å²) in [7, 11) is 0. The third kappa shape index (κ3) is 2.81. The van der Waals surface area contributed by atoms with Gasteiger partial charge in [0.25, 0.3) is 5.91 Å². The van der Waals surface area contributed by atoms with E-state index in [1.165, 1.54) is 18.9 Å². The number of hydrogen-bond donors (Lipinski definition) is 1. The van der Waals surface area contributed by atoms with Crippen LogP contribution in [0.4, 0.5) is 10.1 Å². The van der Waals surface area contributed by atoms with Gasteiger partial charge in [-0.05, 0) is 31.0 Å². The summed E-state index contributed by atoms with van der Waals surface area (Å²) in [5.74, 6) is 0.303. The quantitative estimate of drug-likeness (QED) is 0.946. The zero-order valence-corrected chi connectivity index (χ0v) is 12.8. The summed E-state index contributed by atoms with van der Waals surface area (Å²) in [4.78, 5) is 16.3. The van der Waals surface area contributed by atoms with Crippen molar-refractivity contribution in [2.45, 2.75) is 18.8 Å². The number of amides is 1. The van der Waals surface area contributed by atoms with Gasteiger partial charge in [-0.3, -0.25) is 9.89 Å². The first-order valence-electron chi connectivity index (χ1n) is 8.06. The molecular weight excluding hydrogens is 295 g/mol. The van der Waals surface area contributed by atoms with E-state index >= 15 is 0 Å². The van der Waals surface area contributed by atoms with Crippen LogP contribution >= 0.6 is 0 Å². The summed E-state index contributed by atoms with van der Waals surface area (Å²) < 4.78 is 13.8. The van der Waals surface area contributed by atoms with Gasteiger partial charge in [0, 0.05) is 37.8 Å². The number of aromatic amines is 1. The first-order chi connectivity index (χ1) is 11.2. The molecule has 1 aromatic heterocycles. The van der Waals surface area contributed by atoms with Crippen LogP contribution in [0.15, 0.2) is 30.3 Å². The van der Waals surface area contributed by atoms with E-state index < -0.39 is 0 Å². The van der Waals surface area contributed by atoms with Gasteiger partial charge < -0.3 is 9.80 Å². The number of benzene rings is 1. The summed E-state index contributed by atoms with van der Waals surface area (Å²) in [6.07, 6.45) is 2.36. The van der Waals surface area contributed by atoms with Gasteiger partial charge in [-0.1, -0.05) is 12.1 Å². The molecule has 120 valence electrons. The molecule has 23 heavy (non-hydrogen) atoms. The van der Waals surface area contributed by atoms with Crippen molar-refractivity contribution < 1.29 is 9.18 Å². The number of nitrogens with zero attached hydrogens (tertiary/aromatic N) is 3. The van der Waals surface area contributed by atoms with Crippen molar-refractivity contribution in [2.24, 2.45) is 0 Å². The van der Waals surface area contributed by atoms with Gasteiger partial charge in [-0.2, -0.15) is 5.10 Å². The molecule has 1 saturated heterocycles. The Hall–Kier alpha value is -2.37. The van der Waals surface area contributed by atoms with Crippen LogP contribution in [0.2, 0.25) is 0 Å². The maximum Gasteiger partial charge on any atom is 0.274 e. The van der Waals surface area contributed by atoms with Crippen LogP contribution in [0.25, 0.3) is 0 Å². The summed E-state index contributed by atoms with van der Waals surface area (Å²) in [6, 6.07) is 8.65. The molecule has 0 atom stereocenters. The van der Waals surface area contributed by atoms with Gasteiger partial charge >= 0.3 is 0 Å². The average Bonchev–Trinajstić information content (AvgIpc) is 3.32. The summed E-state index contributed by atoms with van der Waals surface area (Å²) in [5, 5.41) is 7.13. The topological polar surface area (TPSA) is 52.2 Å². The van der Waals surface area contributed by atoms with Crippen molar-refractivity contribution >= 4 is 11.6 Å². The Morgan fingerprint density at radius 1 is 1.17 bits per heavy atom. The number of hydrogen-bond acceptors (Lipinski definition) is 3. The normalized spacial score (nSPS) is 18.3. The molecule has 1 aliphatic heterocycles. The molecular formula is C17H19FN4O. The molecule has 2 heterocycles. The van der Waals surface area contributed by atoms with Crippen LogP contribution in [0, 0.1) is 5.82 Å². The summed E-state index contributed by atoms with van der Waals surface area (Å²) >= 11 is 0. The lowest BCUT2D eigenvalue weighted by Gasteiger charge is -2.35. The molecule has 1 amide bonds. The Kier molecular flexibility index (Phi) is 3.52. The van der Waals surface area contributed by atoms with Gasteiger partial charge in [0.2, 0.25) is 0 Å². The highest BCUT2D eigenvalue weighted by atomic mass is 19.1. The van der Waals surface area contributed by atoms with Crippen LogP contribution in [-0.4, -0.2) is 47.2 Å². The molecule has 1 N–H and O–H groups in total. The van der Waals surface area contributed by atoms with E-state index in [4.69, 9.17) is 0 Å². The van der Waals surface area contributed by atoms with Crippen LogP contribution in [0.5, 0.6) is 0 Å². The molecule has 4 rings (SSSR count). The summed E-state index contributed by atoms with van der Waals surface area (Å²) in [6.45, 7) is 2.43. The molecule has 2 aromatic rings. The lowest BCUT2D eigenvalue weighted by Crippen LogP contribution is -2.49. The lowest BCUT2D eigenvalue weighted by molar-refractivity contribution is 0.0740. The van der Waals surface area contributed by atoms with Crippen molar-refractivity contribution in [2.75, 3.05) is 31.1 Å². The Morgan fingerprint density at radius 2 is 1.91 bits per heavy atom. The van der Waals surface area contributed by atoms with Gasteiger partial charge in [-0.15, -0.1) is 0 Å². The second-order valence-corrected chi connectivity index (χ2v) is 6.21. The van der Waals surface area contributed by atoms with Crippen LogP contribution in [0.3, 0.4) is 0 Å². The molecule has 1 saturated carbocycles. The molecule has 6 heteroatoms. The number of carbonyl (C=O) groups is 1. The monoisotopic (exact) mass is 314 g/mol. The van der Waals surface area contributed by atoms with Crippen molar-refractivity contribution in [3.8, 4) is 0 Å². The second kappa shape index (κ2) is 5.68. The van der Waals surface area contributed by atoms with E-state index in [1.54, 1.807) is 17.0 Å². The maximum absolute atomic E-state index is 13.8. The molecule has 0 spiro atoms. The van der Waals surface area contributed by atoms with Crippen molar-refractivity contribution in [3.05, 3.63) is 47.5 Å². The standard InChI is InChI=1S/C17H19FN4O/c18-13-3-1-2-4-16(13)21-7-9-22(10-8-21)17(23)15-11-14(19-20-15)12-5-6-12/h1-4,11-12H,5-10H2,(H,19,20). The van der Waals surface area contributed by atoms with E-state index in [0.717, 1.165) is 5.69 Å². The van der Waals surface area contributed by atoms with Gasteiger partial charge in [0.05, 0.1) is 5.69 Å². The number of para-hydroxylation sites is 1. The van der Waals surface area contributed by atoms with Crippen LogP contribution in [0.1, 0.15) is 34.9 Å². The Morgan fingerprint density at radius 3 is 2.61 bits per heavy atom. The highest BCUT2D eigenvalue weighted by molar-refractivity contribution is 5.92. The third-order valence-electron chi connectivity index (χ3n) is 4.59. The van der Waals surface area contributed by atoms with Gasteiger partial charge in [0.15, 0.2) is 0 Å². The third-order valence-corrected chi connectivity index (χ3v) is 4.59. The fraction of sp³-hybridized carbons (Fsp3) is 0.412. The molecule has 1 aliphatic carbocycles. The van der Waals surface area contributed by atoms with E-state index in [9.17, 15) is 9.18 Å². The number of aromatic nitrogens is 2. The Balaban J connectivity index is 1.40. The molecule has 1 aromatic carbocycles. The van der Waals surface area contributed by atoms with E-state index in [2.05, 4.69) is 10.2 Å². The average molecular weight is 314 g/mol. The zero-order valence-electron chi connectivity index (χ0n) is 12.8. The molecule has 0 unspecified atom stereocenters. The largest absolute Gasteiger partial charge is 0.366 e. The van der Waals surface area contributed by atoms with Crippen molar-refractivity contribution in [1.82, 2.24) is 15.1 Å². The first kappa shape index (κ1) is 14.2. The van der Waals surface area contributed by atoms with Crippen molar-refractivity contribution in [3.63, 3.8) is 0 Å².